The van der Waals surface area contributed by atoms with Gasteiger partial charge in [0.2, 0.25) is 0 Å². The van der Waals surface area contributed by atoms with E-state index in [2.05, 4.69) is 5.32 Å². The first-order valence-corrected chi connectivity index (χ1v) is 5.54. The monoisotopic (exact) mass is 291 g/mol. The second-order valence-corrected chi connectivity index (χ2v) is 4.06. The van der Waals surface area contributed by atoms with Gasteiger partial charge >= 0.3 is 18.1 Å². The van der Waals surface area contributed by atoms with Crippen molar-refractivity contribution in [1.82, 2.24) is 5.32 Å². The molecule has 0 heterocycles. The zero-order valence-corrected chi connectivity index (χ0v) is 10.1. The first-order chi connectivity index (χ1) is 9.20. The highest BCUT2D eigenvalue weighted by atomic mass is 19.4. The van der Waals surface area contributed by atoms with Crippen LogP contribution in [0, 0.1) is 0 Å². The topological polar surface area (TPSA) is 86.6 Å². The van der Waals surface area contributed by atoms with Crippen LogP contribution in [0.4, 0.5) is 13.2 Å². The van der Waals surface area contributed by atoms with Gasteiger partial charge in [-0.25, -0.2) is 0 Å². The van der Waals surface area contributed by atoms with Gasteiger partial charge in [0, 0.05) is 6.54 Å². The van der Waals surface area contributed by atoms with Gasteiger partial charge in [-0.3, -0.25) is 14.9 Å². The van der Waals surface area contributed by atoms with Crippen LogP contribution >= 0.6 is 0 Å². The van der Waals surface area contributed by atoms with Crippen LogP contribution in [0.1, 0.15) is 17.5 Å². The molecule has 0 aliphatic rings. The quantitative estimate of drug-likeness (QED) is 0.743. The number of carbonyl (C=O) groups is 2. The number of carboxylic acid groups (broad SMARTS) is 2. The molecule has 0 spiro atoms. The lowest BCUT2D eigenvalue weighted by Crippen LogP contribution is -2.38. The molecule has 3 N–H and O–H groups in total. The molecule has 20 heavy (non-hydrogen) atoms. The molecule has 110 valence electrons. The van der Waals surface area contributed by atoms with Crippen LogP contribution < -0.4 is 5.32 Å². The number of nitrogens with one attached hydrogen (secondary N) is 1. The number of carboxylic acids is 2. The average molecular weight is 291 g/mol. The van der Waals surface area contributed by atoms with Gasteiger partial charge in [-0.1, -0.05) is 12.1 Å². The number of alkyl halides is 3. The minimum atomic E-state index is -4.43. The fraction of sp³-hybridized carbons (Fsp3) is 0.333. The molecule has 0 saturated carbocycles. The van der Waals surface area contributed by atoms with Crippen LogP contribution in [0.25, 0.3) is 0 Å². The summed E-state index contributed by atoms with van der Waals surface area (Å²) < 4.78 is 37.0. The number of aliphatic carboxylic acids is 2. The lowest BCUT2D eigenvalue weighted by Gasteiger charge is -2.13. The van der Waals surface area contributed by atoms with E-state index in [0.29, 0.717) is 5.56 Å². The minimum Gasteiger partial charge on any atom is -0.481 e. The predicted molar refractivity (Wildman–Crippen MR) is 62.0 cm³/mol. The van der Waals surface area contributed by atoms with E-state index in [-0.39, 0.29) is 6.54 Å². The van der Waals surface area contributed by atoms with Gasteiger partial charge in [-0.15, -0.1) is 0 Å². The third kappa shape index (κ3) is 4.88. The van der Waals surface area contributed by atoms with E-state index in [1.54, 1.807) is 0 Å². The molecule has 0 fully saturated rings. The molecular formula is C12H12F3NO4. The van der Waals surface area contributed by atoms with Gasteiger partial charge in [0.05, 0.1) is 12.0 Å². The van der Waals surface area contributed by atoms with Crippen molar-refractivity contribution in [3.8, 4) is 0 Å². The number of benzene rings is 1. The molecule has 0 bridgehead atoms. The van der Waals surface area contributed by atoms with E-state index >= 15 is 0 Å². The van der Waals surface area contributed by atoms with Crippen molar-refractivity contribution in [3.63, 3.8) is 0 Å². The van der Waals surface area contributed by atoms with Crippen molar-refractivity contribution in [2.45, 2.75) is 25.2 Å². The molecule has 0 aliphatic heterocycles. The molecule has 0 amide bonds. The van der Waals surface area contributed by atoms with Gasteiger partial charge in [-0.05, 0) is 17.7 Å². The molecule has 1 aromatic carbocycles. The smallest absolute Gasteiger partial charge is 0.416 e. The van der Waals surface area contributed by atoms with Crippen molar-refractivity contribution in [2.75, 3.05) is 0 Å². The summed E-state index contributed by atoms with van der Waals surface area (Å²) in [5.41, 5.74) is -0.379. The molecular weight excluding hydrogens is 279 g/mol. The Labute approximate surface area is 112 Å². The normalized spacial score (nSPS) is 12.9. The van der Waals surface area contributed by atoms with E-state index < -0.39 is 36.1 Å². The molecule has 8 heteroatoms. The van der Waals surface area contributed by atoms with Gasteiger partial charge in [0.25, 0.3) is 0 Å². The molecule has 0 radical (unpaired) electrons. The van der Waals surface area contributed by atoms with Crippen LogP contribution in [0.2, 0.25) is 0 Å². The van der Waals surface area contributed by atoms with E-state index in [1.807, 2.05) is 0 Å². The van der Waals surface area contributed by atoms with Crippen LogP contribution in [0.5, 0.6) is 0 Å². The molecule has 5 nitrogen and oxygen atoms in total. The highest BCUT2D eigenvalue weighted by Crippen LogP contribution is 2.29. The summed E-state index contributed by atoms with van der Waals surface area (Å²) in [6.45, 7) is -0.0393. The average Bonchev–Trinajstić information content (AvgIpc) is 2.33. The van der Waals surface area contributed by atoms with Crippen molar-refractivity contribution < 1.29 is 33.0 Å². The minimum absolute atomic E-state index is 0.0393. The zero-order valence-electron chi connectivity index (χ0n) is 10.1. The molecule has 1 unspecified atom stereocenters. The molecule has 0 saturated heterocycles. The summed E-state index contributed by atoms with van der Waals surface area (Å²) in [5.74, 6) is -2.61. The lowest BCUT2D eigenvalue weighted by molar-refractivity contribution is -0.146. The van der Waals surface area contributed by atoms with Crippen LogP contribution in [-0.2, 0) is 22.3 Å². The van der Waals surface area contributed by atoms with Gasteiger partial charge in [0.15, 0.2) is 0 Å². The van der Waals surface area contributed by atoms with Gasteiger partial charge in [0.1, 0.15) is 6.04 Å². The largest absolute Gasteiger partial charge is 0.481 e. The van der Waals surface area contributed by atoms with Crippen LogP contribution in [0.3, 0.4) is 0 Å². The summed E-state index contributed by atoms with van der Waals surface area (Å²) in [6.07, 6.45) is -5.05. The Hall–Kier alpha value is -2.09. The van der Waals surface area contributed by atoms with E-state index in [1.165, 1.54) is 12.1 Å². The summed E-state index contributed by atoms with van der Waals surface area (Å²) in [6, 6.07) is 2.87. The summed E-state index contributed by atoms with van der Waals surface area (Å²) in [7, 11) is 0. The second kappa shape index (κ2) is 6.38. The molecule has 1 atom stereocenters. The number of rotatable bonds is 6. The Kier molecular flexibility index (Phi) is 5.09. The number of hydrogen-bond donors (Lipinski definition) is 3. The maximum absolute atomic E-state index is 12.3. The van der Waals surface area contributed by atoms with Gasteiger partial charge < -0.3 is 10.2 Å². The number of hydrogen-bond acceptors (Lipinski definition) is 3. The van der Waals surface area contributed by atoms with Gasteiger partial charge in [-0.2, -0.15) is 13.2 Å². The van der Waals surface area contributed by atoms with Crippen molar-refractivity contribution in [3.05, 3.63) is 35.4 Å². The first-order valence-electron chi connectivity index (χ1n) is 5.54. The fourth-order valence-corrected chi connectivity index (χ4v) is 1.47. The Bertz CT molecular complexity index is 484. The standard InChI is InChI=1S/C12H12F3NO4/c13-12(14,15)8-3-1-7(2-4-8)6-16-9(11(19)20)5-10(17)18/h1-4,9,16H,5-6H2,(H,17,18)(H,19,20). The van der Waals surface area contributed by atoms with E-state index in [9.17, 15) is 22.8 Å². The maximum Gasteiger partial charge on any atom is 0.416 e. The van der Waals surface area contributed by atoms with Crippen LogP contribution in [0.15, 0.2) is 24.3 Å². The SMILES string of the molecule is O=C(O)CC(NCc1ccc(C(F)(F)F)cc1)C(=O)O. The van der Waals surface area contributed by atoms with Crippen molar-refractivity contribution >= 4 is 11.9 Å². The van der Waals surface area contributed by atoms with Crippen molar-refractivity contribution in [2.24, 2.45) is 0 Å². The summed E-state index contributed by atoms with van der Waals surface area (Å²) >= 11 is 0. The Morgan fingerprint density at radius 2 is 1.70 bits per heavy atom. The number of halogens is 3. The summed E-state index contributed by atoms with van der Waals surface area (Å²) in [4.78, 5) is 21.2. The molecule has 0 aromatic heterocycles. The lowest BCUT2D eigenvalue weighted by atomic mass is 10.1. The van der Waals surface area contributed by atoms with Crippen molar-refractivity contribution in [1.29, 1.82) is 0 Å². The highest BCUT2D eigenvalue weighted by molar-refractivity contribution is 5.80. The molecule has 1 rings (SSSR count). The third-order valence-corrected chi connectivity index (χ3v) is 2.51. The third-order valence-electron chi connectivity index (χ3n) is 2.51. The first kappa shape index (κ1) is 16.0. The van der Waals surface area contributed by atoms with Crippen LogP contribution in [-0.4, -0.2) is 28.2 Å². The molecule has 1 aromatic rings. The second-order valence-electron chi connectivity index (χ2n) is 4.06. The Morgan fingerprint density at radius 3 is 2.10 bits per heavy atom. The Balaban J connectivity index is 2.64. The molecule has 0 aliphatic carbocycles. The fourth-order valence-electron chi connectivity index (χ4n) is 1.47. The maximum atomic E-state index is 12.3. The summed E-state index contributed by atoms with van der Waals surface area (Å²) in [5, 5.41) is 19.8. The Morgan fingerprint density at radius 1 is 1.15 bits per heavy atom. The zero-order chi connectivity index (χ0) is 15.3. The van der Waals surface area contributed by atoms with E-state index in [4.69, 9.17) is 10.2 Å². The predicted octanol–water partition coefficient (Wildman–Crippen LogP) is 1.72. The highest BCUT2D eigenvalue weighted by Gasteiger charge is 2.30. The van der Waals surface area contributed by atoms with E-state index in [0.717, 1.165) is 12.1 Å².